The molecule has 0 aliphatic heterocycles. The SMILES string of the molecule is Cn1c(C(F)(F)F)cc(=O)n(-c2cc(/C=N/[C@H](C=O)C(=O)O)c(Cl)cc2F)c1=O. The van der Waals surface area contributed by atoms with Gasteiger partial charge in [0, 0.05) is 24.9 Å². The summed E-state index contributed by atoms with van der Waals surface area (Å²) in [4.78, 5) is 49.3. The maximum Gasteiger partial charge on any atom is 0.431 e. The van der Waals surface area contributed by atoms with Crippen LogP contribution >= 0.6 is 11.6 Å². The van der Waals surface area contributed by atoms with Crippen LogP contribution in [0, 0.1) is 5.82 Å². The first-order valence-corrected chi connectivity index (χ1v) is 7.87. The molecule has 0 aliphatic rings. The van der Waals surface area contributed by atoms with Crippen molar-refractivity contribution in [2.75, 3.05) is 0 Å². The highest BCUT2D eigenvalue weighted by Crippen LogP contribution is 2.27. The summed E-state index contributed by atoms with van der Waals surface area (Å²) < 4.78 is 53.4. The number of aliphatic carboxylic acids is 1. The lowest BCUT2D eigenvalue weighted by Gasteiger charge is -2.14. The van der Waals surface area contributed by atoms with E-state index in [9.17, 15) is 36.7 Å². The number of rotatable bonds is 5. The summed E-state index contributed by atoms with van der Waals surface area (Å²) in [6, 6.07) is -0.212. The van der Waals surface area contributed by atoms with Crippen molar-refractivity contribution in [3.63, 3.8) is 0 Å². The molecule has 1 N–H and O–H groups in total. The van der Waals surface area contributed by atoms with Gasteiger partial charge in [0.15, 0.2) is 6.29 Å². The normalized spacial score (nSPS) is 12.9. The van der Waals surface area contributed by atoms with Gasteiger partial charge in [-0.05, 0) is 12.1 Å². The molecule has 0 spiro atoms. The van der Waals surface area contributed by atoms with Crippen molar-refractivity contribution in [2.45, 2.75) is 12.2 Å². The van der Waals surface area contributed by atoms with E-state index in [0.29, 0.717) is 6.07 Å². The molecule has 1 atom stereocenters. The molecule has 1 heterocycles. The molecule has 0 unspecified atom stereocenters. The lowest BCUT2D eigenvalue weighted by atomic mass is 10.2. The number of hydrogen-bond donors (Lipinski definition) is 1. The number of carboxylic acid groups (broad SMARTS) is 1. The van der Waals surface area contributed by atoms with Crippen LogP contribution in [0.2, 0.25) is 5.02 Å². The fourth-order valence-corrected chi connectivity index (χ4v) is 2.46. The summed E-state index contributed by atoms with van der Waals surface area (Å²) in [5.74, 6) is -2.79. The van der Waals surface area contributed by atoms with Crippen molar-refractivity contribution in [3.8, 4) is 5.69 Å². The van der Waals surface area contributed by atoms with Gasteiger partial charge in [0.2, 0.25) is 6.04 Å². The third-order valence-electron chi connectivity index (χ3n) is 3.67. The van der Waals surface area contributed by atoms with Crippen molar-refractivity contribution in [3.05, 3.63) is 61.1 Å². The third kappa shape index (κ3) is 4.42. The number of alkyl halides is 3. The van der Waals surface area contributed by atoms with Crippen LogP contribution in [-0.2, 0) is 22.8 Å². The number of aliphatic imine (C=N–C) groups is 1. The molecule has 0 amide bonds. The van der Waals surface area contributed by atoms with Gasteiger partial charge in [-0.2, -0.15) is 13.2 Å². The Hall–Kier alpha value is -3.28. The number of carbonyl (C=O) groups is 2. The van der Waals surface area contributed by atoms with Crippen molar-refractivity contribution in [2.24, 2.45) is 12.0 Å². The van der Waals surface area contributed by atoms with Crippen LogP contribution in [-0.4, -0.2) is 38.8 Å². The van der Waals surface area contributed by atoms with Crippen molar-refractivity contribution in [1.29, 1.82) is 0 Å². The summed E-state index contributed by atoms with van der Waals surface area (Å²) in [7, 11) is 0.749. The van der Waals surface area contributed by atoms with Gasteiger partial charge in [-0.1, -0.05) is 11.6 Å². The second kappa shape index (κ2) is 7.99. The molecule has 154 valence electrons. The summed E-state index contributed by atoms with van der Waals surface area (Å²) in [6.07, 6.45) is -4.20. The number of aldehydes is 1. The molecule has 0 fully saturated rings. The molecular weight excluding hydrogens is 426 g/mol. The predicted octanol–water partition coefficient (Wildman–Crippen LogP) is 1.42. The number of hydrogen-bond acceptors (Lipinski definition) is 5. The quantitative estimate of drug-likeness (QED) is 0.330. The summed E-state index contributed by atoms with van der Waals surface area (Å²) >= 11 is 5.80. The second-order valence-corrected chi connectivity index (χ2v) is 5.97. The van der Waals surface area contributed by atoms with E-state index < -0.39 is 46.6 Å². The number of carboxylic acids is 1. The molecule has 13 heteroatoms. The second-order valence-electron chi connectivity index (χ2n) is 5.57. The van der Waals surface area contributed by atoms with Crippen LogP contribution in [0.15, 0.2) is 32.8 Å². The predicted molar refractivity (Wildman–Crippen MR) is 92.3 cm³/mol. The number of carbonyl (C=O) groups excluding carboxylic acids is 1. The molecule has 8 nitrogen and oxygen atoms in total. The van der Waals surface area contributed by atoms with E-state index in [1.807, 2.05) is 0 Å². The molecule has 2 aromatic rings. The smallest absolute Gasteiger partial charge is 0.431 e. The van der Waals surface area contributed by atoms with Crippen LogP contribution in [0.4, 0.5) is 17.6 Å². The van der Waals surface area contributed by atoms with Gasteiger partial charge in [0.05, 0.1) is 10.7 Å². The van der Waals surface area contributed by atoms with Crippen molar-refractivity contribution in [1.82, 2.24) is 9.13 Å². The van der Waals surface area contributed by atoms with Gasteiger partial charge >= 0.3 is 17.8 Å². The number of nitrogens with zero attached hydrogens (tertiary/aromatic N) is 3. The highest BCUT2D eigenvalue weighted by atomic mass is 35.5. The number of aromatic nitrogens is 2. The van der Waals surface area contributed by atoms with E-state index >= 15 is 0 Å². The van der Waals surface area contributed by atoms with Gasteiger partial charge in [0.25, 0.3) is 5.56 Å². The van der Waals surface area contributed by atoms with Crippen LogP contribution < -0.4 is 11.2 Å². The molecule has 0 aliphatic carbocycles. The highest BCUT2D eigenvalue weighted by Gasteiger charge is 2.35. The molecular formula is C16H10ClF4N3O5. The van der Waals surface area contributed by atoms with Crippen molar-refractivity contribution < 1.29 is 32.3 Å². The van der Waals surface area contributed by atoms with Gasteiger partial charge in [-0.15, -0.1) is 0 Å². The van der Waals surface area contributed by atoms with E-state index in [4.69, 9.17) is 16.7 Å². The van der Waals surface area contributed by atoms with Crippen LogP contribution in [0.5, 0.6) is 0 Å². The minimum absolute atomic E-state index is 0.00722. The monoisotopic (exact) mass is 435 g/mol. The Kier molecular flexibility index (Phi) is 6.07. The average Bonchev–Trinajstić information content (AvgIpc) is 2.60. The Labute approximate surface area is 163 Å². The number of halogens is 5. The first kappa shape index (κ1) is 22.0. The summed E-state index contributed by atoms with van der Waals surface area (Å²) in [5.41, 5.74) is -5.40. The van der Waals surface area contributed by atoms with E-state index in [0.717, 1.165) is 19.3 Å². The first-order valence-electron chi connectivity index (χ1n) is 7.49. The van der Waals surface area contributed by atoms with Gasteiger partial charge < -0.3 is 9.90 Å². The summed E-state index contributed by atoms with van der Waals surface area (Å²) in [5, 5.41) is 8.46. The zero-order valence-corrected chi connectivity index (χ0v) is 15.0. The zero-order chi connectivity index (χ0) is 22.1. The fraction of sp³-hybridized carbons (Fsp3) is 0.188. The largest absolute Gasteiger partial charge is 0.479 e. The molecule has 2 rings (SSSR count). The zero-order valence-electron chi connectivity index (χ0n) is 14.3. The lowest BCUT2D eigenvalue weighted by molar-refractivity contribution is -0.144. The van der Waals surface area contributed by atoms with E-state index in [1.54, 1.807) is 0 Å². The molecule has 1 aromatic heterocycles. The first-order chi connectivity index (χ1) is 13.4. The average molecular weight is 436 g/mol. The van der Waals surface area contributed by atoms with Crippen LogP contribution in [0.3, 0.4) is 0 Å². The van der Waals surface area contributed by atoms with E-state index in [2.05, 4.69) is 4.99 Å². The Morgan fingerprint density at radius 3 is 2.41 bits per heavy atom. The third-order valence-corrected chi connectivity index (χ3v) is 4.00. The highest BCUT2D eigenvalue weighted by molar-refractivity contribution is 6.33. The summed E-state index contributed by atoms with van der Waals surface area (Å²) in [6.45, 7) is 0. The maximum atomic E-state index is 14.3. The lowest BCUT2D eigenvalue weighted by Crippen LogP contribution is -2.41. The Morgan fingerprint density at radius 2 is 1.90 bits per heavy atom. The molecule has 0 saturated heterocycles. The minimum Gasteiger partial charge on any atom is -0.479 e. The fourth-order valence-electron chi connectivity index (χ4n) is 2.26. The van der Waals surface area contributed by atoms with Gasteiger partial charge in [0.1, 0.15) is 11.5 Å². The molecule has 29 heavy (non-hydrogen) atoms. The van der Waals surface area contributed by atoms with E-state index in [-0.39, 0.29) is 32.1 Å². The Bertz CT molecular complexity index is 1140. The van der Waals surface area contributed by atoms with Gasteiger partial charge in [-0.25, -0.2) is 18.5 Å². The molecule has 0 radical (unpaired) electrons. The topological polar surface area (TPSA) is 111 Å². The Morgan fingerprint density at radius 1 is 1.28 bits per heavy atom. The maximum absolute atomic E-state index is 14.3. The van der Waals surface area contributed by atoms with Crippen molar-refractivity contribution >= 4 is 30.1 Å². The van der Waals surface area contributed by atoms with Gasteiger partial charge in [-0.3, -0.25) is 14.4 Å². The van der Waals surface area contributed by atoms with Crippen LogP contribution in [0.25, 0.3) is 5.69 Å². The minimum atomic E-state index is -5.00. The standard InChI is InChI=1S/C16H10ClF4N3O5/c1-23-12(16(19,20)21)4-13(26)24(15(23)29)11-2-7(8(17)3-9(11)18)5-22-10(6-25)14(27)28/h2-6,10H,1H3,(H,27,28)/b22-5+/t10-/m1/s1. The number of benzene rings is 1. The van der Waals surface area contributed by atoms with E-state index in [1.165, 1.54) is 0 Å². The molecule has 0 bridgehead atoms. The van der Waals surface area contributed by atoms with Crippen LogP contribution in [0.1, 0.15) is 11.3 Å². The molecule has 0 saturated carbocycles. The molecule has 1 aromatic carbocycles. The Balaban J connectivity index is 2.71.